The van der Waals surface area contributed by atoms with Gasteiger partial charge in [0, 0.05) is 11.8 Å². The SMILES string of the molecule is CC1C=CC=C(O)C1(C)[N+](=O)[O-]. The van der Waals surface area contributed by atoms with Gasteiger partial charge in [0.1, 0.15) is 0 Å². The van der Waals surface area contributed by atoms with Crippen molar-refractivity contribution in [2.75, 3.05) is 0 Å². The van der Waals surface area contributed by atoms with Gasteiger partial charge in [-0.25, -0.2) is 0 Å². The van der Waals surface area contributed by atoms with Crippen LogP contribution in [0.15, 0.2) is 24.0 Å². The number of aliphatic hydroxyl groups excluding tert-OH is 1. The van der Waals surface area contributed by atoms with Crippen molar-refractivity contribution in [1.82, 2.24) is 0 Å². The third kappa shape index (κ3) is 0.995. The van der Waals surface area contributed by atoms with Gasteiger partial charge in [-0.05, 0) is 6.08 Å². The van der Waals surface area contributed by atoms with Gasteiger partial charge in [-0.3, -0.25) is 10.1 Å². The van der Waals surface area contributed by atoms with E-state index in [1.807, 2.05) is 0 Å². The minimum atomic E-state index is -1.35. The maximum absolute atomic E-state index is 10.7. The summed E-state index contributed by atoms with van der Waals surface area (Å²) in [5.74, 6) is -0.458. The fraction of sp³-hybridized carbons (Fsp3) is 0.500. The number of hydrogen-bond donors (Lipinski definition) is 1. The Hall–Kier alpha value is -1.32. The van der Waals surface area contributed by atoms with E-state index < -0.39 is 10.5 Å². The first kappa shape index (κ1) is 8.77. The molecular formula is C8H11NO3. The molecule has 0 fully saturated rings. The molecule has 0 saturated carbocycles. The van der Waals surface area contributed by atoms with Gasteiger partial charge in [0.15, 0.2) is 5.76 Å². The number of rotatable bonds is 1. The highest BCUT2D eigenvalue weighted by Crippen LogP contribution is 2.31. The van der Waals surface area contributed by atoms with Gasteiger partial charge in [0.05, 0.1) is 5.92 Å². The van der Waals surface area contributed by atoms with Crippen LogP contribution in [-0.2, 0) is 0 Å². The van der Waals surface area contributed by atoms with Crippen LogP contribution in [0.3, 0.4) is 0 Å². The Morgan fingerprint density at radius 3 is 2.67 bits per heavy atom. The van der Waals surface area contributed by atoms with E-state index in [2.05, 4.69) is 0 Å². The van der Waals surface area contributed by atoms with Crippen molar-refractivity contribution >= 4 is 0 Å². The summed E-state index contributed by atoms with van der Waals surface area (Å²) in [6.07, 6.45) is 4.70. The molecule has 0 saturated heterocycles. The predicted octanol–water partition coefficient (Wildman–Crippen LogP) is 1.67. The normalized spacial score (nSPS) is 34.5. The molecular weight excluding hydrogens is 158 g/mol. The Labute approximate surface area is 70.4 Å². The zero-order valence-corrected chi connectivity index (χ0v) is 7.02. The maximum Gasteiger partial charge on any atom is 0.280 e. The number of nitro groups is 1. The van der Waals surface area contributed by atoms with Gasteiger partial charge >= 0.3 is 0 Å². The summed E-state index contributed by atoms with van der Waals surface area (Å²) in [4.78, 5) is 10.2. The molecule has 0 bridgehead atoms. The molecule has 12 heavy (non-hydrogen) atoms. The average Bonchev–Trinajstić information content (AvgIpc) is 1.99. The predicted molar refractivity (Wildman–Crippen MR) is 44.4 cm³/mol. The molecule has 2 unspecified atom stereocenters. The first-order chi connectivity index (χ1) is 5.49. The average molecular weight is 169 g/mol. The van der Waals surface area contributed by atoms with Crippen molar-refractivity contribution < 1.29 is 10.0 Å². The number of nitrogens with zero attached hydrogens (tertiary/aromatic N) is 1. The third-order valence-corrected chi connectivity index (χ3v) is 2.44. The molecule has 66 valence electrons. The first-order valence-electron chi connectivity index (χ1n) is 3.72. The van der Waals surface area contributed by atoms with Crippen LogP contribution >= 0.6 is 0 Å². The van der Waals surface area contributed by atoms with Crippen LogP contribution in [0.2, 0.25) is 0 Å². The van der Waals surface area contributed by atoms with E-state index >= 15 is 0 Å². The quantitative estimate of drug-likeness (QED) is 0.479. The number of aliphatic hydroxyl groups is 1. The van der Waals surface area contributed by atoms with Crippen molar-refractivity contribution in [3.8, 4) is 0 Å². The topological polar surface area (TPSA) is 63.4 Å². The van der Waals surface area contributed by atoms with E-state index in [-0.39, 0.29) is 11.7 Å². The minimum absolute atomic E-state index is 0.178. The van der Waals surface area contributed by atoms with Crippen LogP contribution in [0.1, 0.15) is 13.8 Å². The fourth-order valence-corrected chi connectivity index (χ4v) is 1.16. The molecule has 1 aliphatic rings. The van der Waals surface area contributed by atoms with E-state index in [1.165, 1.54) is 13.0 Å². The molecule has 0 aromatic carbocycles. The van der Waals surface area contributed by atoms with Crippen LogP contribution < -0.4 is 0 Å². The lowest BCUT2D eigenvalue weighted by Gasteiger charge is -2.26. The Bertz CT molecular complexity index is 269. The summed E-state index contributed by atoms with van der Waals surface area (Å²) in [5, 5.41) is 20.0. The molecule has 1 rings (SSSR count). The summed E-state index contributed by atoms with van der Waals surface area (Å²) >= 11 is 0. The summed E-state index contributed by atoms with van der Waals surface area (Å²) in [6.45, 7) is 3.13. The van der Waals surface area contributed by atoms with Gasteiger partial charge in [-0.2, -0.15) is 0 Å². The molecule has 0 aromatic rings. The maximum atomic E-state index is 10.7. The zero-order valence-electron chi connectivity index (χ0n) is 7.02. The van der Waals surface area contributed by atoms with Crippen LogP contribution in [-0.4, -0.2) is 15.6 Å². The second kappa shape index (κ2) is 2.62. The third-order valence-electron chi connectivity index (χ3n) is 2.44. The zero-order chi connectivity index (χ0) is 9.35. The Balaban J connectivity index is 3.10. The Morgan fingerprint density at radius 1 is 1.75 bits per heavy atom. The van der Waals surface area contributed by atoms with Crippen molar-refractivity contribution in [2.45, 2.75) is 19.4 Å². The van der Waals surface area contributed by atoms with Crippen LogP contribution in [0, 0.1) is 16.0 Å². The largest absolute Gasteiger partial charge is 0.505 e. The number of hydrogen-bond acceptors (Lipinski definition) is 3. The van der Waals surface area contributed by atoms with Crippen molar-refractivity contribution in [2.24, 2.45) is 5.92 Å². The Kier molecular flexibility index (Phi) is 1.92. The van der Waals surface area contributed by atoms with Gasteiger partial charge < -0.3 is 5.11 Å². The van der Waals surface area contributed by atoms with Crippen LogP contribution in [0.25, 0.3) is 0 Å². The van der Waals surface area contributed by atoms with Gasteiger partial charge in [0.25, 0.3) is 5.54 Å². The number of allylic oxidation sites excluding steroid dienone is 2. The minimum Gasteiger partial charge on any atom is -0.505 e. The van der Waals surface area contributed by atoms with Gasteiger partial charge in [-0.1, -0.05) is 19.1 Å². The second-order valence-electron chi connectivity index (χ2n) is 3.13. The van der Waals surface area contributed by atoms with Crippen LogP contribution in [0.5, 0.6) is 0 Å². The molecule has 0 aliphatic heterocycles. The molecule has 4 heteroatoms. The van der Waals surface area contributed by atoms with Crippen molar-refractivity contribution in [1.29, 1.82) is 0 Å². The highest BCUT2D eigenvalue weighted by atomic mass is 16.6. The van der Waals surface area contributed by atoms with Gasteiger partial charge in [0.2, 0.25) is 0 Å². The smallest absolute Gasteiger partial charge is 0.280 e. The lowest BCUT2D eigenvalue weighted by atomic mass is 9.82. The standard InChI is InChI=1S/C8H11NO3/c1-6-4-3-5-7(10)8(6,2)9(11)12/h3-6,10H,1-2H3. The van der Waals surface area contributed by atoms with Crippen molar-refractivity contribution in [3.63, 3.8) is 0 Å². The lowest BCUT2D eigenvalue weighted by molar-refractivity contribution is -0.565. The molecule has 0 aromatic heterocycles. The van der Waals surface area contributed by atoms with Crippen LogP contribution in [0.4, 0.5) is 0 Å². The fourth-order valence-electron chi connectivity index (χ4n) is 1.16. The van der Waals surface area contributed by atoms with Gasteiger partial charge in [-0.15, -0.1) is 0 Å². The first-order valence-corrected chi connectivity index (χ1v) is 3.72. The molecule has 4 nitrogen and oxygen atoms in total. The van der Waals surface area contributed by atoms with E-state index in [1.54, 1.807) is 19.1 Å². The molecule has 1 aliphatic carbocycles. The highest BCUT2D eigenvalue weighted by Gasteiger charge is 2.47. The highest BCUT2D eigenvalue weighted by molar-refractivity contribution is 5.24. The molecule has 0 amide bonds. The summed E-state index contributed by atoms with van der Waals surface area (Å²) in [5.41, 5.74) is -1.35. The molecule has 0 spiro atoms. The molecule has 2 atom stereocenters. The van der Waals surface area contributed by atoms with E-state index in [9.17, 15) is 15.2 Å². The molecule has 0 heterocycles. The van der Waals surface area contributed by atoms with E-state index in [0.29, 0.717) is 0 Å². The molecule has 0 radical (unpaired) electrons. The Morgan fingerprint density at radius 2 is 2.33 bits per heavy atom. The summed E-state index contributed by atoms with van der Waals surface area (Å²) in [7, 11) is 0. The summed E-state index contributed by atoms with van der Waals surface area (Å²) in [6, 6.07) is 0. The summed E-state index contributed by atoms with van der Waals surface area (Å²) < 4.78 is 0. The molecule has 1 N–H and O–H groups in total. The van der Waals surface area contributed by atoms with Crippen molar-refractivity contribution in [3.05, 3.63) is 34.1 Å². The monoisotopic (exact) mass is 169 g/mol. The lowest BCUT2D eigenvalue weighted by Crippen LogP contribution is -2.43. The second-order valence-corrected chi connectivity index (χ2v) is 3.13. The van der Waals surface area contributed by atoms with E-state index in [4.69, 9.17) is 0 Å². The van der Waals surface area contributed by atoms with E-state index in [0.717, 1.165) is 0 Å².